The summed E-state index contributed by atoms with van der Waals surface area (Å²) in [5, 5.41) is 18.4. The van der Waals surface area contributed by atoms with Crippen LogP contribution >= 0.6 is 0 Å². The van der Waals surface area contributed by atoms with E-state index >= 15 is 0 Å². The molecule has 0 spiro atoms. The highest BCUT2D eigenvalue weighted by Crippen LogP contribution is 2.26. The van der Waals surface area contributed by atoms with Crippen molar-refractivity contribution >= 4 is 47.2 Å². The van der Waals surface area contributed by atoms with E-state index in [9.17, 15) is 27.9 Å². The number of fused-ring (bicyclic) bond motifs is 1. The van der Waals surface area contributed by atoms with Gasteiger partial charge in [-0.25, -0.2) is 14.7 Å². The van der Waals surface area contributed by atoms with E-state index in [1.807, 2.05) is 29.2 Å². The van der Waals surface area contributed by atoms with Gasteiger partial charge >= 0.3 is 12.1 Å². The fourth-order valence-corrected chi connectivity index (χ4v) is 8.18. The second kappa shape index (κ2) is 14.9. The molecule has 3 fully saturated rings. The highest BCUT2D eigenvalue weighted by Gasteiger charge is 2.37. The van der Waals surface area contributed by atoms with E-state index in [1.165, 1.54) is 4.31 Å². The zero-order valence-electron chi connectivity index (χ0n) is 28.0. The molecule has 14 nitrogen and oxygen atoms in total. The van der Waals surface area contributed by atoms with Gasteiger partial charge in [-0.2, -0.15) is 12.7 Å². The number of urea groups is 1. The van der Waals surface area contributed by atoms with Crippen molar-refractivity contribution in [2.24, 2.45) is 5.14 Å². The van der Waals surface area contributed by atoms with Crippen molar-refractivity contribution in [3.63, 3.8) is 0 Å². The predicted molar refractivity (Wildman–Crippen MR) is 187 cm³/mol. The fraction of sp³-hybridized carbons (Fsp3) is 0.545. The zero-order valence-corrected chi connectivity index (χ0v) is 28.8. The van der Waals surface area contributed by atoms with Crippen LogP contribution < -0.4 is 15.9 Å². The molecule has 6 rings (SSSR count). The first-order chi connectivity index (χ1) is 23.5. The summed E-state index contributed by atoms with van der Waals surface area (Å²) in [5.74, 6) is -0.104. The van der Waals surface area contributed by atoms with E-state index in [2.05, 4.69) is 10.2 Å². The molecule has 0 saturated carbocycles. The van der Waals surface area contributed by atoms with Gasteiger partial charge in [-0.3, -0.25) is 9.69 Å². The number of amides is 4. The predicted octanol–water partition coefficient (Wildman–Crippen LogP) is 0.0650. The number of hydrogen-bond acceptors (Lipinski definition) is 8. The molecule has 0 radical (unpaired) electrons. The van der Waals surface area contributed by atoms with Crippen LogP contribution in [0.2, 0.25) is 0 Å². The maximum Gasteiger partial charge on any atom is 0.410 e. The molecule has 4 heterocycles. The number of piperidine rings is 2. The van der Waals surface area contributed by atoms with E-state index in [-0.39, 0.29) is 36.2 Å². The van der Waals surface area contributed by atoms with Gasteiger partial charge in [0.25, 0.3) is 16.1 Å². The van der Waals surface area contributed by atoms with Gasteiger partial charge in [-0.05, 0) is 60.8 Å². The number of anilines is 1. The van der Waals surface area contributed by atoms with Crippen molar-refractivity contribution in [2.45, 2.75) is 56.7 Å². The second-order valence-electron chi connectivity index (χ2n) is 13.5. The van der Waals surface area contributed by atoms with Gasteiger partial charge in [-0.15, -0.1) is 0 Å². The lowest BCUT2D eigenvalue weighted by Crippen LogP contribution is -2.56. The summed E-state index contributed by atoms with van der Waals surface area (Å²) in [5.41, 5.74) is 3.38. The minimum atomic E-state index is -3.70. The lowest BCUT2D eigenvalue weighted by atomic mass is 9.91. The third-order valence-corrected chi connectivity index (χ3v) is 11.5. The molecule has 1 atom stereocenters. The van der Waals surface area contributed by atoms with Crippen molar-refractivity contribution in [1.82, 2.24) is 23.9 Å². The Bertz CT molecular complexity index is 1640. The van der Waals surface area contributed by atoms with Crippen LogP contribution in [0.3, 0.4) is 0 Å². The number of hydrogen-bond donors (Lipinski definition) is 3. The highest BCUT2D eigenvalue weighted by atomic mass is 32.2. The van der Waals surface area contributed by atoms with Gasteiger partial charge in [0.05, 0.1) is 0 Å². The summed E-state index contributed by atoms with van der Waals surface area (Å²) >= 11 is 0. The number of phenols is 1. The number of nitrogens with zero attached hydrogens (tertiary/aromatic N) is 5. The van der Waals surface area contributed by atoms with Crippen LogP contribution in [-0.4, -0.2) is 140 Å². The van der Waals surface area contributed by atoms with Gasteiger partial charge < -0.3 is 29.9 Å². The number of nitrogens with two attached hydrogens (primary N) is 1. The van der Waals surface area contributed by atoms with Gasteiger partial charge in [0.2, 0.25) is 0 Å². The molecular formula is C33H46BN7O7S. The van der Waals surface area contributed by atoms with Crippen LogP contribution in [0.1, 0.15) is 36.8 Å². The molecule has 0 aliphatic carbocycles. The van der Waals surface area contributed by atoms with Crippen LogP contribution in [0.5, 0.6) is 5.75 Å². The van der Waals surface area contributed by atoms with Crippen molar-refractivity contribution in [3.05, 3.63) is 53.6 Å². The molecular weight excluding hydrogens is 649 g/mol. The average Bonchev–Trinajstić information content (AvgIpc) is 3.27. The number of ether oxygens (including phenoxy) is 1. The first kappa shape index (κ1) is 35.0. The average molecular weight is 696 g/mol. The Labute approximate surface area is 288 Å². The monoisotopic (exact) mass is 695 g/mol. The minimum absolute atomic E-state index is 0.0141. The van der Waals surface area contributed by atoms with Crippen molar-refractivity contribution in [3.8, 4) is 5.75 Å². The number of aromatic hydroxyl groups is 1. The van der Waals surface area contributed by atoms with Crippen molar-refractivity contribution < 1.29 is 32.6 Å². The van der Waals surface area contributed by atoms with Gasteiger partial charge in [0, 0.05) is 83.1 Å². The second-order valence-corrected chi connectivity index (χ2v) is 15.0. The Balaban J connectivity index is 1.06. The third-order valence-electron chi connectivity index (χ3n) is 10.4. The zero-order chi connectivity index (χ0) is 34.7. The molecule has 4 N–H and O–H groups in total. The molecule has 16 heteroatoms. The van der Waals surface area contributed by atoms with Crippen LogP contribution in [-0.2, 0) is 32.6 Å². The Morgan fingerprint density at radius 2 is 1.57 bits per heavy atom. The number of rotatable bonds is 7. The molecule has 0 bridgehead atoms. The molecule has 264 valence electrons. The van der Waals surface area contributed by atoms with Crippen molar-refractivity contribution in [1.29, 1.82) is 0 Å². The van der Waals surface area contributed by atoms with Gasteiger partial charge in [-0.1, -0.05) is 30.3 Å². The van der Waals surface area contributed by atoms with E-state index in [0.717, 1.165) is 36.1 Å². The molecule has 0 aromatic heterocycles. The van der Waals surface area contributed by atoms with E-state index < -0.39 is 22.4 Å². The molecule has 4 amide bonds. The summed E-state index contributed by atoms with van der Waals surface area (Å²) in [6.07, 6.45) is 1.99. The largest absolute Gasteiger partial charge is 0.509 e. The summed E-state index contributed by atoms with van der Waals surface area (Å²) in [6, 6.07) is 13.0. The topological polar surface area (TPSA) is 169 Å². The molecule has 3 saturated heterocycles. The standard InChI is InChI=1S/C33H46BN7O7S/c34-27-21-23(5-6-29(27)42)22-30(31(43)38-12-8-25(9-13-38)37-17-19-40(20-18-37)49(35,46)47)48-33(45)39-14-10-26(11-15-39)41-16-7-24-3-1-2-4-28(24)36-32(41)44/h1-6,21,25-26,30,42H,7-20,22,34H2,(H,36,44)(H2,35,46,47)/t30-/m1/s1. The van der Waals surface area contributed by atoms with Crippen LogP contribution in [0.4, 0.5) is 15.3 Å². The summed E-state index contributed by atoms with van der Waals surface area (Å²) in [6.45, 7) is 4.27. The summed E-state index contributed by atoms with van der Waals surface area (Å²) < 4.78 is 30.7. The van der Waals surface area contributed by atoms with Gasteiger partial charge in [0.15, 0.2) is 6.10 Å². The first-order valence-corrected chi connectivity index (χ1v) is 18.7. The highest BCUT2D eigenvalue weighted by molar-refractivity contribution is 7.86. The quantitative estimate of drug-likeness (QED) is 0.342. The summed E-state index contributed by atoms with van der Waals surface area (Å²) in [4.78, 5) is 48.1. The first-order valence-electron chi connectivity index (χ1n) is 17.2. The molecule has 2 aromatic carbocycles. The molecule has 0 unspecified atom stereocenters. The van der Waals surface area contributed by atoms with Crippen molar-refractivity contribution in [2.75, 3.05) is 64.2 Å². The Morgan fingerprint density at radius 3 is 2.24 bits per heavy atom. The number of nitrogens with one attached hydrogen (secondary N) is 1. The molecule has 4 aliphatic heterocycles. The molecule has 49 heavy (non-hydrogen) atoms. The fourth-order valence-electron chi connectivity index (χ4n) is 7.51. The number of likely N-dealkylation sites (tertiary alicyclic amines) is 2. The smallest absolute Gasteiger partial charge is 0.410 e. The summed E-state index contributed by atoms with van der Waals surface area (Å²) in [7, 11) is -1.92. The van der Waals surface area contributed by atoms with E-state index in [4.69, 9.17) is 9.88 Å². The van der Waals surface area contributed by atoms with E-state index in [1.54, 1.807) is 35.8 Å². The number of piperazine rings is 1. The van der Waals surface area contributed by atoms with Crippen LogP contribution in [0.25, 0.3) is 0 Å². The van der Waals surface area contributed by atoms with Gasteiger partial charge in [0.1, 0.15) is 13.6 Å². The minimum Gasteiger partial charge on any atom is -0.509 e. The Hall–Kier alpha value is -3.86. The van der Waals surface area contributed by atoms with Crippen LogP contribution in [0, 0.1) is 0 Å². The number of para-hydroxylation sites is 1. The molecule has 4 aliphatic rings. The van der Waals surface area contributed by atoms with E-state index in [0.29, 0.717) is 77.2 Å². The normalized spacial score (nSPS) is 21.1. The number of carbonyl (C=O) groups is 3. The molecule has 2 aromatic rings. The lowest BCUT2D eigenvalue weighted by Gasteiger charge is -2.42. The number of phenolic OH excluding ortho intramolecular Hbond substituents is 1. The lowest BCUT2D eigenvalue weighted by molar-refractivity contribution is -0.142. The van der Waals surface area contributed by atoms with Crippen LogP contribution in [0.15, 0.2) is 42.5 Å². The Kier molecular flexibility index (Phi) is 10.7. The third kappa shape index (κ3) is 8.31. The SMILES string of the molecule is Bc1cc(C[C@@H](OC(=O)N2CCC(N3CCc4ccccc4NC3=O)CC2)C(=O)N2CCC(N3CCN(S(N)(=O)=O)CC3)CC2)ccc1O. The maximum absolute atomic E-state index is 14.0. The number of benzene rings is 2. The maximum atomic E-state index is 14.0. The number of carbonyl (C=O) groups excluding carboxylic acids is 3. The Morgan fingerprint density at radius 1 is 0.918 bits per heavy atom.